The van der Waals surface area contributed by atoms with Gasteiger partial charge in [0.2, 0.25) is 0 Å². The summed E-state index contributed by atoms with van der Waals surface area (Å²) in [6.07, 6.45) is 4.01. The molecule has 1 atom stereocenters. The summed E-state index contributed by atoms with van der Waals surface area (Å²) in [5.74, 6) is 0. The van der Waals surface area contributed by atoms with Gasteiger partial charge < -0.3 is 0 Å². The van der Waals surface area contributed by atoms with E-state index in [9.17, 15) is 0 Å². The molecule has 2 aromatic rings. The smallest absolute Gasteiger partial charge is 0.0645 e. The zero-order valence-corrected chi connectivity index (χ0v) is 12.0. The highest BCUT2D eigenvalue weighted by atomic mass is 79.9. The first-order valence-electron chi connectivity index (χ1n) is 5.72. The average molecular weight is 293 g/mol. The second-order valence-electron chi connectivity index (χ2n) is 5.28. The Morgan fingerprint density at radius 2 is 1.82 bits per heavy atom. The molecule has 0 aliphatic rings. The second kappa shape index (κ2) is 4.65. The number of benzene rings is 1. The molecule has 2 nitrogen and oxygen atoms in total. The molecule has 1 unspecified atom stereocenters. The van der Waals surface area contributed by atoms with Crippen LogP contribution < -0.4 is 0 Å². The molecule has 2 rings (SSSR count). The van der Waals surface area contributed by atoms with E-state index in [2.05, 4.69) is 60.1 Å². The van der Waals surface area contributed by atoms with Crippen LogP contribution in [0.3, 0.4) is 0 Å². The Morgan fingerprint density at radius 3 is 2.41 bits per heavy atom. The van der Waals surface area contributed by atoms with Gasteiger partial charge in [-0.1, -0.05) is 54.9 Å². The van der Waals surface area contributed by atoms with E-state index in [1.165, 1.54) is 5.56 Å². The number of rotatable bonds is 2. The summed E-state index contributed by atoms with van der Waals surface area (Å²) < 4.78 is 1.91. The van der Waals surface area contributed by atoms with Gasteiger partial charge >= 0.3 is 0 Å². The number of halogens is 1. The number of hydrogen-bond acceptors (Lipinski definition) is 1. The van der Waals surface area contributed by atoms with E-state index in [0.29, 0.717) is 4.83 Å². The van der Waals surface area contributed by atoms with Crippen molar-refractivity contribution in [3.05, 3.63) is 48.3 Å². The zero-order valence-electron chi connectivity index (χ0n) is 10.4. The Morgan fingerprint density at radius 1 is 1.18 bits per heavy atom. The van der Waals surface area contributed by atoms with Crippen molar-refractivity contribution in [2.75, 3.05) is 0 Å². The molecule has 0 fully saturated rings. The maximum atomic E-state index is 4.41. The molecule has 0 N–H and O–H groups in total. The molecule has 1 heterocycles. The molecule has 17 heavy (non-hydrogen) atoms. The summed E-state index contributed by atoms with van der Waals surface area (Å²) in [6.45, 7) is 6.64. The monoisotopic (exact) mass is 292 g/mol. The van der Waals surface area contributed by atoms with Gasteiger partial charge in [-0.2, -0.15) is 5.10 Å². The predicted octanol–water partition coefficient (Wildman–Crippen LogP) is 4.35. The summed E-state index contributed by atoms with van der Waals surface area (Å²) in [5.41, 5.74) is 2.48. The molecule has 0 aliphatic carbocycles. The number of nitrogens with zero attached hydrogens (tertiary/aromatic N) is 2. The van der Waals surface area contributed by atoms with Gasteiger partial charge in [0.1, 0.15) is 0 Å². The molecular formula is C14H17BrN2. The minimum absolute atomic E-state index is 0.185. The number of para-hydroxylation sites is 1. The van der Waals surface area contributed by atoms with Gasteiger partial charge in [0.15, 0.2) is 0 Å². The Bertz CT molecular complexity index is 482. The molecule has 0 bridgehead atoms. The van der Waals surface area contributed by atoms with Gasteiger partial charge in [-0.25, -0.2) is 4.68 Å². The van der Waals surface area contributed by atoms with Crippen LogP contribution in [-0.2, 0) is 0 Å². The molecular weight excluding hydrogens is 276 g/mol. The maximum Gasteiger partial charge on any atom is 0.0645 e. The lowest BCUT2D eigenvalue weighted by Crippen LogP contribution is -2.12. The third-order valence-electron chi connectivity index (χ3n) is 2.68. The van der Waals surface area contributed by atoms with Crippen molar-refractivity contribution in [1.82, 2.24) is 9.78 Å². The normalized spacial score (nSPS) is 13.6. The lowest BCUT2D eigenvalue weighted by molar-refractivity contribution is 0.407. The van der Waals surface area contributed by atoms with Gasteiger partial charge in [0, 0.05) is 16.6 Å². The Hall–Kier alpha value is -1.09. The van der Waals surface area contributed by atoms with E-state index in [1.54, 1.807) is 0 Å². The summed E-state index contributed by atoms with van der Waals surface area (Å²) >= 11 is 3.74. The van der Waals surface area contributed by atoms with E-state index < -0.39 is 0 Å². The minimum atomic E-state index is 0.185. The lowest BCUT2D eigenvalue weighted by Gasteiger charge is -2.24. The molecule has 3 heteroatoms. The van der Waals surface area contributed by atoms with Gasteiger partial charge in [-0.05, 0) is 17.5 Å². The Balaban J connectivity index is 2.28. The van der Waals surface area contributed by atoms with Gasteiger partial charge in [0.25, 0.3) is 0 Å². The van der Waals surface area contributed by atoms with Crippen molar-refractivity contribution >= 4 is 15.9 Å². The fourth-order valence-corrected chi connectivity index (χ4v) is 1.93. The summed E-state index contributed by atoms with van der Waals surface area (Å²) in [5, 5.41) is 4.41. The van der Waals surface area contributed by atoms with Crippen LogP contribution in [0, 0.1) is 5.41 Å². The van der Waals surface area contributed by atoms with Crippen molar-refractivity contribution in [2.24, 2.45) is 5.41 Å². The number of alkyl halides is 1. The molecule has 0 amide bonds. The summed E-state index contributed by atoms with van der Waals surface area (Å²) in [7, 11) is 0. The Labute approximate surface area is 111 Å². The van der Waals surface area contributed by atoms with Crippen LogP contribution >= 0.6 is 15.9 Å². The second-order valence-corrected chi connectivity index (χ2v) is 6.20. The molecule has 0 saturated heterocycles. The first kappa shape index (κ1) is 12.4. The van der Waals surface area contributed by atoms with Crippen molar-refractivity contribution in [3.8, 4) is 5.69 Å². The van der Waals surface area contributed by atoms with Gasteiger partial charge in [-0.15, -0.1) is 0 Å². The van der Waals surface area contributed by atoms with Crippen molar-refractivity contribution in [1.29, 1.82) is 0 Å². The van der Waals surface area contributed by atoms with E-state index in [0.717, 1.165) is 5.69 Å². The minimum Gasteiger partial charge on any atom is -0.241 e. The van der Waals surface area contributed by atoms with Crippen LogP contribution in [0.2, 0.25) is 0 Å². The number of aromatic nitrogens is 2. The molecule has 0 aliphatic heterocycles. The van der Waals surface area contributed by atoms with Crippen LogP contribution in [0.25, 0.3) is 5.69 Å². The average Bonchev–Trinajstić information content (AvgIpc) is 2.77. The highest BCUT2D eigenvalue weighted by molar-refractivity contribution is 9.09. The lowest BCUT2D eigenvalue weighted by atomic mass is 9.89. The zero-order chi connectivity index (χ0) is 12.5. The molecule has 1 aromatic heterocycles. The number of hydrogen-bond donors (Lipinski definition) is 0. The largest absolute Gasteiger partial charge is 0.241 e. The molecule has 90 valence electrons. The third-order valence-corrected chi connectivity index (χ3v) is 4.58. The highest BCUT2D eigenvalue weighted by Crippen LogP contribution is 2.39. The van der Waals surface area contributed by atoms with Crippen LogP contribution in [-0.4, -0.2) is 9.78 Å². The van der Waals surface area contributed by atoms with E-state index in [4.69, 9.17) is 0 Å². The van der Waals surface area contributed by atoms with Gasteiger partial charge in [0.05, 0.1) is 11.9 Å². The van der Waals surface area contributed by atoms with E-state index >= 15 is 0 Å². The quantitative estimate of drug-likeness (QED) is 0.752. The predicted molar refractivity (Wildman–Crippen MR) is 74.7 cm³/mol. The van der Waals surface area contributed by atoms with E-state index in [1.807, 2.05) is 29.1 Å². The standard InChI is InChI=1S/C14H17BrN2/c1-14(2,3)13(15)11-9-16-17(10-11)12-7-5-4-6-8-12/h4-10,13H,1-3H3. The van der Waals surface area contributed by atoms with Crippen LogP contribution in [0.15, 0.2) is 42.7 Å². The van der Waals surface area contributed by atoms with Crippen molar-refractivity contribution in [3.63, 3.8) is 0 Å². The van der Waals surface area contributed by atoms with Crippen LogP contribution in [0.4, 0.5) is 0 Å². The van der Waals surface area contributed by atoms with E-state index in [-0.39, 0.29) is 5.41 Å². The summed E-state index contributed by atoms with van der Waals surface area (Å²) in [6, 6.07) is 10.2. The first-order chi connectivity index (χ1) is 7.98. The third kappa shape index (κ3) is 2.78. The molecule has 0 saturated carbocycles. The fourth-order valence-electron chi connectivity index (χ4n) is 1.69. The molecule has 0 spiro atoms. The van der Waals surface area contributed by atoms with Crippen molar-refractivity contribution in [2.45, 2.75) is 25.6 Å². The topological polar surface area (TPSA) is 17.8 Å². The Kier molecular flexibility index (Phi) is 3.38. The van der Waals surface area contributed by atoms with Crippen molar-refractivity contribution < 1.29 is 0 Å². The SMILES string of the molecule is CC(C)(C)C(Br)c1cnn(-c2ccccc2)c1. The van der Waals surface area contributed by atoms with Crippen LogP contribution in [0.1, 0.15) is 31.2 Å². The molecule has 1 aromatic carbocycles. The molecule has 0 radical (unpaired) electrons. The highest BCUT2D eigenvalue weighted by Gasteiger charge is 2.24. The van der Waals surface area contributed by atoms with Gasteiger partial charge in [-0.3, -0.25) is 0 Å². The summed E-state index contributed by atoms with van der Waals surface area (Å²) in [4.78, 5) is 0.312. The first-order valence-corrected chi connectivity index (χ1v) is 6.64. The van der Waals surface area contributed by atoms with Crippen LogP contribution in [0.5, 0.6) is 0 Å². The maximum absolute atomic E-state index is 4.41. The fraction of sp³-hybridized carbons (Fsp3) is 0.357.